The van der Waals surface area contributed by atoms with E-state index in [4.69, 9.17) is 9.47 Å². The van der Waals surface area contributed by atoms with Crippen LogP contribution in [0, 0.1) is 10.1 Å². The molecule has 0 bridgehead atoms. The summed E-state index contributed by atoms with van der Waals surface area (Å²) in [5, 5.41) is 11.0. The van der Waals surface area contributed by atoms with Crippen molar-refractivity contribution in [2.75, 3.05) is 26.4 Å². The Morgan fingerprint density at radius 3 is 2.69 bits per heavy atom. The third-order valence-corrected chi connectivity index (χ3v) is 6.24. The number of nitrogens with zero attached hydrogens (tertiary/aromatic N) is 3. The van der Waals surface area contributed by atoms with Crippen molar-refractivity contribution in [3.63, 3.8) is 0 Å². The van der Waals surface area contributed by atoms with Gasteiger partial charge in [-0.15, -0.1) is 0 Å². The van der Waals surface area contributed by atoms with E-state index in [0.717, 1.165) is 25.1 Å². The van der Waals surface area contributed by atoms with Crippen LogP contribution in [-0.2, 0) is 6.54 Å². The zero-order valence-electron chi connectivity index (χ0n) is 18.4. The van der Waals surface area contributed by atoms with Crippen LogP contribution in [0.15, 0.2) is 42.5 Å². The van der Waals surface area contributed by atoms with Gasteiger partial charge >= 0.3 is 0 Å². The Bertz CT molecular complexity index is 963. The van der Waals surface area contributed by atoms with Gasteiger partial charge in [0.05, 0.1) is 4.92 Å². The number of likely N-dealkylation sites (tertiary alicyclic amines) is 1. The molecule has 1 fully saturated rings. The lowest BCUT2D eigenvalue weighted by Crippen LogP contribution is -2.40. The Balaban J connectivity index is 1.47. The molecule has 2 heterocycles. The number of carbonyl (C=O) groups is 1. The van der Waals surface area contributed by atoms with Gasteiger partial charge in [-0.1, -0.05) is 12.5 Å². The van der Waals surface area contributed by atoms with E-state index in [0.29, 0.717) is 36.2 Å². The molecule has 2 aliphatic rings. The third-order valence-electron chi connectivity index (χ3n) is 6.24. The van der Waals surface area contributed by atoms with Crippen LogP contribution in [0.5, 0.6) is 11.5 Å². The first-order chi connectivity index (χ1) is 15.5. The van der Waals surface area contributed by atoms with Gasteiger partial charge in [0.25, 0.3) is 11.6 Å². The van der Waals surface area contributed by atoms with Crippen LogP contribution in [0.1, 0.15) is 48.5 Å². The lowest BCUT2D eigenvalue weighted by molar-refractivity contribution is -0.384. The predicted octanol–water partition coefficient (Wildman–Crippen LogP) is 4.23. The third kappa shape index (κ3) is 5.19. The number of nitro groups is 1. The topological polar surface area (TPSA) is 85.2 Å². The van der Waals surface area contributed by atoms with Gasteiger partial charge in [-0.25, -0.2) is 0 Å². The Hall–Kier alpha value is -3.13. The first kappa shape index (κ1) is 22.1. The van der Waals surface area contributed by atoms with E-state index in [1.807, 2.05) is 23.1 Å². The second kappa shape index (κ2) is 9.99. The summed E-state index contributed by atoms with van der Waals surface area (Å²) in [6.07, 6.45) is 4.61. The number of non-ortho nitro benzene ring substituents is 1. The van der Waals surface area contributed by atoms with Crippen molar-refractivity contribution in [1.82, 2.24) is 9.80 Å². The molecule has 0 radical (unpaired) electrons. The molecule has 8 heteroatoms. The molecule has 4 rings (SSSR count). The van der Waals surface area contributed by atoms with Gasteiger partial charge in [-0.3, -0.25) is 14.9 Å². The molecule has 8 nitrogen and oxygen atoms in total. The van der Waals surface area contributed by atoms with Crippen molar-refractivity contribution in [2.24, 2.45) is 0 Å². The van der Waals surface area contributed by atoms with Gasteiger partial charge in [-0.2, -0.15) is 0 Å². The maximum Gasteiger partial charge on any atom is 0.269 e. The van der Waals surface area contributed by atoms with Crippen molar-refractivity contribution in [2.45, 2.75) is 45.2 Å². The minimum Gasteiger partial charge on any atom is -0.454 e. The number of piperidine rings is 1. The fourth-order valence-corrected chi connectivity index (χ4v) is 4.37. The van der Waals surface area contributed by atoms with Gasteiger partial charge in [-0.05, 0) is 62.6 Å². The van der Waals surface area contributed by atoms with Crippen molar-refractivity contribution in [3.05, 3.63) is 63.7 Å². The molecule has 2 aromatic carbocycles. The molecule has 32 heavy (non-hydrogen) atoms. The van der Waals surface area contributed by atoms with Crippen LogP contribution in [0.2, 0.25) is 0 Å². The van der Waals surface area contributed by atoms with E-state index in [-0.39, 0.29) is 18.4 Å². The quantitative estimate of drug-likeness (QED) is 0.452. The van der Waals surface area contributed by atoms with Gasteiger partial charge in [0.15, 0.2) is 11.5 Å². The second-order valence-electron chi connectivity index (χ2n) is 8.45. The van der Waals surface area contributed by atoms with Crippen molar-refractivity contribution < 1.29 is 19.2 Å². The number of benzene rings is 2. The first-order valence-electron chi connectivity index (χ1n) is 11.2. The van der Waals surface area contributed by atoms with Gasteiger partial charge in [0.1, 0.15) is 0 Å². The normalized spacial score (nSPS) is 17.8. The molecular formula is C24H29N3O5. The maximum absolute atomic E-state index is 13.3. The van der Waals surface area contributed by atoms with Gasteiger partial charge in [0, 0.05) is 43.4 Å². The summed E-state index contributed by atoms with van der Waals surface area (Å²) in [7, 11) is 0. The van der Waals surface area contributed by atoms with Crippen molar-refractivity contribution in [3.8, 4) is 11.5 Å². The molecule has 0 aromatic heterocycles. The monoisotopic (exact) mass is 439 g/mol. The van der Waals surface area contributed by atoms with Crippen molar-refractivity contribution >= 4 is 11.6 Å². The molecule has 2 aromatic rings. The minimum atomic E-state index is -0.460. The Morgan fingerprint density at radius 1 is 1.16 bits per heavy atom. The zero-order chi connectivity index (χ0) is 22.5. The van der Waals surface area contributed by atoms with E-state index in [1.165, 1.54) is 43.5 Å². The van der Waals surface area contributed by atoms with Gasteiger partial charge < -0.3 is 19.3 Å². The number of rotatable bonds is 8. The minimum absolute atomic E-state index is 0.0250. The molecule has 0 aliphatic carbocycles. The number of nitro benzene ring substituents is 1. The highest BCUT2D eigenvalue weighted by Gasteiger charge is 2.22. The van der Waals surface area contributed by atoms with Crippen LogP contribution in [0.4, 0.5) is 5.69 Å². The molecular weight excluding hydrogens is 410 g/mol. The molecule has 1 amide bonds. The summed E-state index contributed by atoms with van der Waals surface area (Å²) < 4.78 is 10.9. The number of hydrogen-bond donors (Lipinski definition) is 0. The number of fused-ring (bicyclic) bond motifs is 1. The molecule has 1 atom stereocenters. The number of ether oxygens (including phenoxy) is 2. The number of amides is 1. The summed E-state index contributed by atoms with van der Waals surface area (Å²) in [4.78, 5) is 28.1. The van der Waals surface area contributed by atoms with Gasteiger partial charge in [0.2, 0.25) is 6.79 Å². The molecule has 0 spiro atoms. The zero-order valence-corrected chi connectivity index (χ0v) is 18.4. The summed E-state index contributed by atoms with van der Waals surface area (Å²) in [5.74, 6) is 1.26. The van der Waals surface area contributed by atoms with E-state index < -0.39 is 4.92 Å². The molecule has 0 N–H and O–H groups in total. The maximum atomic E-state index is 13.3. The SMILES string of the molecule is CC1CCCCN1CCCN(Cc1ccc2c(c1)OCO2)C(=O)c1ccc([N+](=O)[O-])cc1. The van der Waals surface area contributed by atoms with E-state index >= 15 is 0 Å². The van der Waals surface area contributed by atoms with E-state index in [1.54, 1.807) is 0 Å². The summed E-state index contributed by atoms with van der Waals surface area (Å²) in [6.45, 7) is 5.57. The summed E-state index contributed by atoms with van der Waals surface area (Å²) in [6, 6.07) is 12.1. The standard InChI is InChI=1S/C24H29N3O5/c1-18-5-2-3-12-25(18)13-4-14-26(16-19-6-11-22-23(15-19)32-17-31-22)24(28)20-7-9-21(10-8-20)27(29)30/h6-11,15,18H,2-5,12-14,16-17H2,1H3. The van der Waals surface area contributed by atoms with Crippen LogP contribution in [-0.4, -0.2) is 53.1 Å². The molecule has 0 saturated carbocycles. The average Bonchev–Trinajstić information content (AvgIpc) is 3.27. The highest BCUT2D eigenvalue weighted by molar-refractivity contribution is 5.94. The summed E-state index contributed by atoms with van der Waals surface area (Å²) >= 11 is 0. The highest BCUT2D eigenvalue weighted by atomic mass is 16.7. The van der Waals surface area contributed by atoms with E-state index in [9.17, 15) is 14.9 Å². The Labute approximate surface area is 187 Å². The van der Waals surface area contributed by atoms with Crippen LogP contribution in [0.3, 0.4) is 0 Å². The van der Waals surface area contributed by atoms with Crippen molar-refractivity contribution in [1.29, 1.82) is 0 Å². The second-order valence-corrected chi connectivity index (χ2v) is 8.45. The number of carbonyl (C=O) groups excluding carboxylic acids is 1. The lowest BCUT2D eigenvalue weighted by atomic mass is 10.0. The number of hydrogen-bond acceptors (Lipinski definition) is 6. The first-order valence-corrected chi connectivity index (χ1v) is 11.2. The van der Waals surface area contributed by atoms with Crippen LogP contribution >= 0.6 is 0 Å². The molecule has 170 valence electrons. The van der Waals surface area contributed by atoms with E-state index in [2.05, 4.69) is 11.8 Å². The Kier molecular flexibility index (Phi) is 6.90. The summed E-state index contributed by atoms with van der Waals surface area (Å²) in [5.41, 5.74) is 1.38. The predicted molar refractivity (Wildman–Crippen MR) is 120 cm³/mol. The highest BCUT2D eigenvalue weighted by Crippen LogP contribution is 2.33. The molecule has 1 unspecified atom stereocenters. The Morgan fingerprint density at radius 2 is 1.94 bits per heavy atom. The fourth-order valence-electron chi connectivity index (χ4n) is 4.37. The van der Waals surface area contributed by atoms with Crippen LogP contribution < -0.4 is 9.47 Å². The lowest BCUT2D eigenvalue weighted by Gasteiger charge is -2.34. The van der Waals surface area contributed by atoms with Crippen LogP contribution in [0.25, 0.3) is 0 Å². The largest absolute Gasteiger partial charge is 0.454 e. The molecule has 1 saturated heterocycles. The fraction of sp³-hybridized carbons (Fsp3) is 0.458. The molecule has 2 aliphatic heterocycles. The smallest absolute Gasteiger partial charge is 0.269 e. The average molecular weight is 440 g/mol.